The van der Waals surface area contributed by atoms with Gasteiger partial charge in [0, 0.05) is 17.4 Å². The highest BCUT2D eigenvalue weighted by atomic mass is 35.5. The number of esters is 1. The lowest BCUT2D eigenvalue weighted by atomic mass is 9.98. The van der Waals surface area contributed by atoms with Gasteiger partial charge in [0.15, 0.2) is 0 Å². The van der Waals surface area contributed by atoms with Gasteiger partial charge in [0.05, 0.1) is 6.61 Å². The molecule has 6 atom stereocenters. The highest BCUT2D eigenvalue weighted by molar-refractivity contribution is 6.20. The third kappa shape index (κ3) is 26.7. The quantitative estimate of drug-likeness (QED) is 0.0292. The third-order valence-electron chi connectivity index (χ3n) is 12.7. The van der Waals surface area contributed by atoms with Crippen LogP contribution in [0.3, 0.4) is 0 Å². The number of rotatable bonds is 40. The maximum Gasteiger partial charge on any atom is 0.306 e. The van der Waals surface area contributed by atoms with Crippen LogP contribution in [0.15, 0.2) is 12.1 Å². The smallest absolute Gasteiger partial charge is 0.306 e. The van der Waals surface area contributed by atoms with Gasteiger partial charge in [-0.3, -0.25) is 4.79 Å². The van der Waals surface area contributed by atoms with E-state index in [1.807, 2.05) is 12.1 Å². The fraction of sp³-hybridized carbons (Fsp3) is 0.865. The van der Waals surface area contributed by atoms with E-state index in [-0.39, 0.29) is 29.8 Å². The summed E-state index contributed by atoms with van der Waals surface area (Å²) in [5, 5.41) is 42.4. The number of alkyl halides is 1. The Morgan fingerprint density at radius 2 is 1.08 bits per heavy atom. The molecule has 61 heavy (non-hydrogen) atoms. The Balaban J connectivity index is 1.85. The summed E-state index contributed by atoms with van der Waals surface area (Å²) < 4.78 is 17.8. The Kier molecular flexibility index (Phi) is 33.4. The number of hydrogen-bond acceptors (Lipinski definition) is 8. The first-order valence-electron chi connectivity index (χ1n) is 25.7. The van der Waals surface area contributed by atoms with Crippen LogP contribution in [-0.4, -0.2) is 69.1 Å². The molecule has 1 aliphatic heterocycles. The van der Waals surface area contributed by atoms with E-state index in [1.54, 1.807) is 0 Å². The first-order valence-corrected chi connectivity index (χ1v) is 26.1. The third-order valence-corrected chi connectivity index (χ3v) is 13.1. The molecule has 9 heteroatoms. The van der Waals surface area contributed by atoms with Gasteiger partial charge in [-0.05, 0) is 88.3 Å². The largest absolute Gasteiger partial charge is 0.508 e. The molecule has 2 unspecified atom stereocenters. The number of hydrogen-bond donors (Lipinski definition) is 4. The summed E-state index contributed by atoms with van der Waals surface area (Å²) in [6.07, 6.45) is 33.8. The number of aliphatic hydroxyl groups excluding tert-OH is 3. The van der Waals surface area contributed by atoms with E-state index in [9.17, 15) is 25.2 Å². The molecule has 4 N–H and O–H groups in total. The number of benzene rings is 1. The number of ether oxygens (including phenoxy) is 3. The lowest BCUT2D eigenvalue weighted by Crippen LogP contribution is -2.54. The fourth-order valence-corrected chi connectivity index (χ4v) is 8.93. The van der Waals surface area contributed by atoms with E-state index in [2.05, 4.69) is 20.8 Å². The molecule has 0 saturated carbocycles. The maximum atomic E-state index is 12.9. The van der Waals surface area contributed by atoms with Crippen LogP contribution in [0.2, 0.25) is 0 Å². The van der Waals surface area contributed by atoms with Crippen molar-refractivity contribution >= 4 is 17.6 Å². The summed E-state index contributed by atoms with van der Waals surface area (Å²) in [4.78, 5) is 12.9. The van der Waals surface area contributed by atoms with Gasteiger partial charge in [-0.1, -0.05) is 168 Å². The van der Waals surface area contributed by atoms with E-state index in [0.717, 1.165) is 95.5 Å². The molecule has 1 aliphatic rings. The van der Waals surface area contributed by atoms with Crippen LogP contribution in [0, 0.1) is 0 Å². The first-order chi connectivity index (χ1) is 29.7. The van der Waals surface area contributed by atoms with Crippen molar-refractivity contribution in [3.63, 3.8) is 0 Å². The second kappa shape index (κ2) is 36.7. The van der Waals surface area contributed by atoms with Crippen LogP contribution in [0.4, 0.5) is 0 Å². The monoisotopic (exact) mass is 881 g/mol. The Morgan fingerprint density at radius 1 is 0.623 bits per heavy atom. The van der Waals surface area contributed by atoms with Crippen molar-refractivity contribution in [1.29, 1.82) is 0 Å². The molecular formula is C52H93ClO8. The summed E-state index contributed by atoms with van der Waals surface area (Å²) in [5.41, 5.74) is 1.58. The fourth-order valence-electron chi connectivity index (χ4n) is 8.62. The molecule has 1 aromatic carbocycles. The predicted molar refractivity (Wildman–Crippen MR) is 253 cm³/mol. The Bertz CT molecular complexity index is 1200. The highest BCUT2D eigenvalue weighted by Gasteiger charge is 2.39. The van der Waals surface area contributed by atoms with E-state index >= 15 is 0 Å². The van der Waals surface area contributed by atoms with Gasteiger partial charge in [0.2, 0.25) is 6.29 Å². The van der Waals surface area contributed by atoms with Gasteiger partial charge < -0.3 is 34.6 Å². The Hall–Kier alpha value is -1.58. The summed E-state index contributed by atoms with van der Waals surface area (Å²) in [6, 6.07) is 3.74. The van der Waals surface area contributed by atoms with Crippen LogP contribution in [0.25, 0.3) is 0 Å². The van der Waals surface area contributed by atoms with Gasteiger partial charge in [-0.2, -0.15) is 0 Å². The number of phenols is 1. The van der Waals surface area contributed by atoms with Crippen LogP contribution in [0.5, 0.6) is 11.5 Å². The van der Waals surface area contributed by atoms with Crippen LogP contribution < -0.4 is 4.74 Å². The number of halogens is 1. The molecule has 1 heterocycles. The molecule has 1 saturated heterocycles. The normalized spacial score (nSPS) is 18.9. The summed E-state index contributed by atoms with van der Waals surface area (Å²) in [6.45, 7) is 6.56. The molecule has 0 aliphatic carbocycles. The topological polar surface area (TPSA) is 126 Å². The van der Waals surface area contributed by atoms with Crippen LogP contribution >= 0.6 is 11.6 Å². The summed E-state index contributed by atoms with van der Waals surface area (Å²) >= 11 is 6.60. The molecule has 0 amide bonds. The number of unbranched alkanes of at least 4 members (excludes halogenated alkanes) is 23. The van der Waals surface area contributed by atoms with E-state index in [4.69, 9.17) is 25.8 Å². The zero-order chi connectivity index (χ0) is 44.3. The Labute approximate surface area is 378 Å². The van der Waals surface area contributed by atoms with Gasteiger partial charge in [0.25, 0.3) is 0 Å². The van der Waals surface area contributed by atoms with Gasteiger partial charge in [-0.25, -0.2) is 0 Å². The molecule has 1 aromatic rings. The first kappa shape index (κ1) is 55.6. The average molecular weight is 882 g/mol. The summed E-state index contributed by atoms with van der Waals surface area (Å²) in [5.74, 6) is 0.551. The number of carbonyl (C=O) groups excluding carboxylic acids is 1. The molecule has 0 radical (unpaired) electrons. The minimum absolute atomic E-state index is 0.0312. The van der Waals surface area contributed by atoms with E-state index < -0.39 is 24.6 Å². The minimum atomic E-state index is -1.43. The molecule has 0 bridgehead atoms. The lowest BCUT2D eigenvalue weighted by molar-refractivity contribution is -0.242. The number of aryl methyl sites for hydroxylation is 1. The lowest BCUT2D eigenvalue weighted by Gasteiger charge is -2.35. The molecule has 8 nitrogen and oxygen atoms in total. The van der Waals surface area contributed by atoms with Gasteiger partial charge >= 0.3 is 5.97 Å². The van der Waals surface area contributed by atoms with Crippen molar-refractivity contribution in [3.05, 3.63) is 23.3 Å². The number of aliphatic hydroxyl groups is 3. The minimum Gasteiger partial charge on any atom is -0.508 e. The molecule has 2 rings (SSSR count). The highest BCUT2D eigenvalue weighted by Crippen LogP contribution is 2.35. The maximum absolute atomic E-state index is 12.9. The molecule has 356 valence electrons. The van der Waals surface area contributed by atoms with Crippen molar-refractivity contribution in [2.45, 2.75) is 282 Å². The average Bonchev–Trinajstić information content (AvgIpc) is 3.24. The van der Waals surface area contributed by atoms with E-state index in [0.29, 0.717) is 24.2 Å². The predicted octanol–water partition coefficient (Wildman–Crippen LogP) is 13.7. The zero-order valence-corrected chi connectivity index (χ0v) is 40.1. The van der Waals surface area contributed by atoms with Crippen LogP contribution in [0.1, 0.15) is 244 Å². The van der Waals surface area contributed by atoms with Crippen molar-refractivity contribution in [2.24, 2.45) is 0 Å². The van der Waals surface area contributed by atoms with Crippen molar-refractivity contribution in [3.8, 4) is 11.5 Å². The number of aromatic hydroxyl groups is 1. The molecule has 1 fully saturated rings. The molecule has 0 aromatic heterocycles. The van der Waals surface area contributed by atoms with Gasteiger partial charge in [-0.15, -0.1) is 11.6 Å². The number of carbonyl (C=O) groups is 1. The van der Waals surface area contributed by atoms with Crippen LogP contribution in [-0.2, 0) is 27.1 Å². The zero-order valence-electron chi connectivity index (χ0n) is 39.4. The van der Waals surface area contributed by atoms with Gasteiger partial charge in [0.1, 0.15) is 35.9 Å². The second-order valence-electron chi connectivity index (χ2n) is 18.4. The standard InChI is InChI=1S/C52H93ClO8/c1-4-7-10-13-14-15-16-17-18-19-20-22-31-38-49(56)60-44(35-28-21-11-8-5-2)36-29-23-25-32-42-39-46(54)45(37-30-24-27-34-43(53)33-26-12-9-6-3)48(40-42)61-52-51(58)50(57)47(55)41-59-52/h39-40,43-44,47,50-52,54-55,57-58H,4-38,41H2,1-3H3/t43?,44?,47-,50+,51-,52+/m1/s1. The SMILES string of the molecule is CCCCCCCCCCCCCCCC(=O)OC(CCCCCCC)CCCCCc1cc(O)c(CCCCCC(Cl)CCCCCC)c(O[C@@H]2OC[C@@H](O)[C@H](O)[C@H]2O)c1. The number of phenolic OH excluding ortho intramolecular Hbond substituents is 1. The van der Waals surface area contributed by atoms with Crippen molar-refractivity contribution in [1.82, 2.24) is 0 Å². The Morgan fingerprint density at radius 3 is 1.64 bits per heavy atom. The van der Waals surface area contributed by atoms with E-state index in [1.165, 1.54) is 122 Å². The summed E-state index contributed by atoms with van der Waals surface area (Å²) in [7, 11) is 0. The van der Waals surface area contributed by atoms with Crippen molar-refractivity contribution < 1.29 is 39.4 Å². The second-order valence-corrected chi connectivity index (χ2v) is 19.0. The molecular weight excluding hydrogens is 788 g/mol. The molecule has 0 spiro atoms. The van der Waals surface area contributed by atoms with Crippen molar-refractivity contribution in [2.75, 3.05) is 6.61 Å².